The molecule has 0 saturated heterocycles. The van der Waals surface area contributed by atoms with E-state index in [1.54, 1.807) is 12.1 Å². The van der Waals surface area contributed by atoms with Gasteiger partial charge in [-0.1, -0.05) is 6.92 Å². The number of phenolic OH excluding ortho intramolecular Hbond substituents is 1. The Morgan fingerprint density at radius 2 is 2.09 bits per heavy atom. The van der Waals surface area contributed by atoms with Crippen LogP contribution < -0.4 is 0 Å². The first-order valence-electron chi connectivity index (χ1n) is 8.27. The Morgan fingerprint density at radius 3 is 2.83 bits per heavy atom. The molecule has 118 valence electrons. The minimum atomic E-state index is -0.344. The van der Waals surface area contributed by atoms with Crippen molar-refractivity contribution in [1.29, 1.82) is 5.26 Å². The van der Waals surface area contributed by atoms with Crippen molar-refractivity contribution in [2.75, 3.05) is 0 Å². The number of carbonyl (C=O) groups is 2. The van der Waals surface area contributed by atoms with Crippen molar-refractivity contribution in [2.24, 2.45) is 17.3 Å². The number of nitrogens with zero attached hydrogens (tertiary/aromatic N) is 1. The average Bonchev–Trinajstić information content (AvgIpc) is 2.82. The molecule has 2 fully saturated rings. The van der Waals surface area contributed by atoms with Crippen molar-refractivity contribution >= 4 is 11.6 Å². The van der Waals surface area contributed by atoms with Crippen LogP contribution in [-0.4, -0.2) is 16.7 Å². The third-order valence-corrected chi connectivity index (χ3v) is 6.49. The van der Waals surface area contributed by atoms with Gasteiger partial charge in [-0.05, 0) is 54.4 Å². The molecule has 1 aromatic rings. The highest BCUT2D eigenvalue weighted by Crippen LogP contribution is 2.58. The number of rotatable bonds is 0. The van der Waals surface area contributed by atoms with Gasteiger partial charge in [0.2, 0.25) is 0 Å². The Labute approximate surface area is 135 Å². The highest BCUT2D eigenvalue weighted by atomic mass is 16.3. The van der Waals surface area contributed by atoms with Crippen LogP contribution in [0.25, 0.3) is 0 Å². The Morgan fingerprint density at radius 1 is 1.30 bits per heavy atom. The van der Waals surface area contributed by atoms with E-state index in [1.165, 1.54) is 0 Å². The third-order valence-electron chi connectivity index (χ3n) is 6.49. The van der Waals surface area contributed by atoms with Gasteiger partial charge in [-0.3, -0.25) is 9.59 Å². The van der Waals surface area contributed by atoms with E-state index in [9.17, 15) is 20.0 Å². The first kappa shape index (κ1) is 14.4. The molecular weight excluding hydrogens is 290 g/mol. The molecule has 2 saturated carbocycles. The van der Waals surface area contributed by atoms with E-state index >= 15 is 0 Å². The quantitative estimate of drug-likeness (QED) is 0.799. The summed E-state index contributed by atoms with van der Waals surface area (Å²) in [4.78, 5) is 25.1. The fraction of sp³-hybridized carbons (Fsp3) is 0.526. The Hall–Kier alpha value is -2.15. The van der Waals surface area contributed by atoms with Gasteiger partial charge >= 0.3 is 0 Å². The predicted octanol–water partition coefficient (Wildman–Crippen LogP) is 2.87. The van der Waals surface area contributed by atoms with Gasteiger partial charge in [-0.2, -0.15) is 5.26 Å². The van der Waals surface area contributed by atoms with Crippen molar-refractivity contribution in [1.82, 2.24) is 0 Å². The van der Waals surface area contributed by atoms with Gasteiger partial charge < -0.3 is 5.11 Å². The first-order chi connectivity index (χ1) is 11.0. The van der Waals surface area contributed by atoms with E-state index in [4.69, 9.17) is 0 Å². The van der Waals surface area contributed by atoms with E-state index in [0.717, 1.165) is 30.4 Å². The number of phenols is 1. The van der Waals surface area contributed by atoms with Gasteiger partial charge in [0.25, 0.3) is 0 Å². The van der Waals surface area contributed by atoms with E-state index < -0.39 is 0 Å². The lowest BCUT2D eigenvalue weighted by molar-refractivity contribution is -0.134. The molecule has 0 aliphatic heterocycles. The number of hydrogen-bond acceptors (Lipinski definition) is 4. The van der Waals surface area contributed by atoms with Crippen LogP contribution in [0.3, 0.4) is 0 Å². The number of carbonyl (C=O) groups excluding carboxylic acids is 2. The maximum atomic E-state index is 12.8. The second-order valence-corrected chi connectivity index (χ2v) is 7.48. The van der Waals surface area contributed by atoms with Crippen LogP contribution in [0.15, 0.2) is 12.1 Å². The topological polar surface area (TPSA) is 78.2 Å². The molecule has 23 heavy (non-hydrogen) atoms. The lowest BCUT2D eigenvalue weighted by Crippen LogP contribution is -2.46. The summed E-state index contributed by atoms with van der Waals surface area (Å²) in [6.07, 6.45) is 3.31. The standard InChI is InChI=1S/C19H19NO3/c1-19-5-4-12-13-6-11(9-20)15(21)7-10(13)8-16(22)18(12)14(19)2-3-17(19)23/h6-7,12,14,18,21H,2-5,8H2,1H3/t12?,14?,18?,19-/m0/s1. The number of fused-ring (bicyclic) bond motifs is 5. The fourth-order valence-corrected chi connectivity index (χ4v) is 5.25. The van der Waals surface area contributed by atoms with Crippen LogP contribution in [-0.2, 0) is 16.0 Å². The van der Waals surface area contributed by atoms with Crippen LogP contribution >= 0.6 is 0 Å². The summed E-state index contributed by atoms with van der Waals surface area (Å²) in [6, 6.07) is 5.36. The fourth-order valence-electron chi connectivity index (χ4n) is 5.25. The van der Waals surface area contributed by atoms with Crippen LogP contribution in [0, 0.1) is 28.6 Å². The van der Waals surface area contributed by atoms with E-state index in [-0.39, 0.29) is 40.3 Å². The summed E-state index contributed by atoms with van der Waals surface area (Å²) in [5, 5.41) is 19.1. The van der Waals surface area contributed by atoms with E-state index in [2.05, 4.69) is 0 Å². The maximum absolute atomic E-state index is 12.8. The molecule has 0 aromatic heterocycles. The molecule has 3 aliphatic rings. The summed E-state index contributed by atoms with van der Waals surface area (Å²) in [7, 11) is 0. The molecule has 1 N–H and O–H groups in total. The van der Waals surface area contributed by atoms with Crippen LogP contribution in [0.2, 0.25) is 0 Å². The smallest absolute Gasteiger partial charge is 0.141 e. The number of aromatic hydroxyl groups is 1. The van der Waals surface area contributed by atoms with Crippen molar-refractivity contribution < 1.29 is 14.7 Å². The number of ketones is 2. The summed E-state index contributed by atoms with van der Waals surface area (Å²) < 4.78 is 0. The number of benzene rings is 1. The van der Waals surface area contributed by atoms with Crippen molar-refractivity contribution in [3.63, 3.8) is 0 Å². The van der Waals surface area contributed by atoms with Gasteiger partial charge in [0.05, 0.1) is 5.56 Å². The first-order valence-corrected chi connectivity index (χ1v) is 8.27. The predicted molar refractivity (Wildman–Crippen MR) is 82.8 cm³/mol. The second-order valence-electron chi connectivity index (χ2n) is 7.48. The Bertz CT molecular complexity index is 776. The van der Waals surface area contributed by atoms with Crippen LogP contribution in [0.4, 0.5) is 0 Å². The summed E-state index contributed by atoms with van der Waals surface area (Å²) in [5.41, 5.74) is 1.81. The third kappa shape index (κ3) is 1.83. The van der Waals surface area contributed by atoms with Crippen LogP contribution in [0.1, 0.15) is 55.2 Å². The zero-order chi connectivity index (χ0) is 16.4. The minimum Gasteiger partial charge on any atom is -0.507 e. The van der Waals surface area contributed by atoms with Gasteiger partial charge in [0, 0.05) is 24.2 Å². The summed E-state index contributed by atoms with van der Waals surface area (Å²) in [6.45, 7) is 2.03. The molecule has 0 spiro atoms. The van der Waals surface area contributed by atoms with E-state index in [0.29, 0.717) is 18.6 Å². The number of hydrogen-bond donors (Lipinski definition) is 1. The van der Waals surface area contributed by atoms with Crippen molar-refractivity contribution in [3.8, 4) is 11.8 Å². The SMILES string of the molecule is C[C@]12CCC3c4cc(C#N)c(O)cc4CC(=O)C3C1CCC2=O. The van der Waals surface area contributed by atoms with Crippen molar-refractivity contribution in [2.45, 2.75) is 44.9 Å². The van der Waals surface area contributed by atoms with Gasteiger partial charge in [-0.25, -0.2) is 0 Å². The lowest BCUT2D eigenvalue weighted by Gasteiger charge is -2.47. The van der Waals surface area contributed by atoms with Gasteiger partial charge in [0.15, 0.2) is 0 Å². The molecule has 4 nitrogen and oxygen atoms in total. The Kier molecular flexibility index (Phi) is 2.93. The molecule has 3 aliphatic carbocycles. The van der Waals surface area contributed by atoms with Crippen LogP contribution in [0.5, 0.6) is 5.75 Å². The Balaban J connectivity index is 1.82. The normalized spacial score (nSPS) is 35.2. The van der Waals surface area contributed by atoms with E-state index in [1.807, 2.05) is 13.0 Å². The molecule has 0 bridgehead atoms. The largest absolute Gasteiger partial charge is 0.507 e. The molecule has 4 heteroatoms. The summed E-state index contributed by atoms with van der Waals surface area (Å²) >= 11 is 0. The molecular formula is C19H19NO3. The number of Topliss-reactive ketones (excluding diaryl/α,β-unsaturated/α-hetero) is 2. The monoisotopic (exact) mass is 309 g/mol. The molecule has 1 aromatic carbocycles. The lowest BCUT2D eigenvalue weighted by atomic mass is 9.55. The number of nitriles is 1. The highest BCUT2D eigenvalue weighted by molar-refractivity contribution is 5.92. The second kappa shape index (κ2) is 4.67. The zero-order valence-electron chi connectivity index (χ0n) is 13.1. The zero-order valence-corrected chi connectivity index (χ0v) is 13.1. The summed E-state index contributed by atoms with van der Waals surface area (Å²) in [5.74, 6) is 0.565. The molecule has 4 rings (SSSR count). The van der Waals surface area contributed by atoms with Gasteiger partial charge in [0.1, 0.15) is 23.4 Å². The molecule has 0 amide bonds. The van der Waals surface area contributed by atoms with Gasteiger partial charge in [-0.15, -0.1) is 0 Å². The van der Waals surface area contributed by atoms with Crippen molar-refractivity contribution in [3.05, 3.63) is 28.8 Å². The molecule has 3 unspecified atom stereocenters. The minimum absolute atomic E-state index is 0.0470. The molecule has 0 radical (unpaired) electrons. The molecule has 0 heterocycles. The molecule has 4 atom stereocenters. The highest BCUT2D eigenvalue weighted by Gasteiger charge is 2.56. The maximum Gasteiger partial charge on any atom is 0.141 e. The average molecular weight is 309 g/mol.